The zero-order valence-electron chi connectivity index (χ0n) is 14.7. The zero-order valence-corrected chi connectivity index (χ0v) is 14.7. The number of piperazine rings is 1. The fraction of sp³-hybridized carbons (Fsp3) is 0.611. The van der Waals surface area contributed by atoms with Crippen LogP contribution in [0.4, 0.5) is 0 Å². The zero-order chi connectivity index (χ0) is 16.8. The second-order valence-electron chi connectivity index (χ2n) is 6.59. The molecule has 1 heterocycles. The van der Waals surface area contributed by atoms with Crippen molar-refractivity contribution in [1.29, 1.82) is 0 Å². The van der Waals surface area contributed by atoms with Crippen LogP contribution in [0.5, 0.6) is 11.5 Å². The van der Waals surface area contributed by atoms with Crippen molar-refractivity contribution in [2.45, 2.75) is 26.8 Å². The first kappa shape index (κ1) is 17.6. The predicted molar refractivity (Wildman–Crippen MR) is 90.0 cm³/mol. The number of carbonyl (C=O) groups is 1. The maximum atomic E-state index is 12.1. The van der Waals surface area contributed by atoms with Crippen LogP contribution in [-0.4, -0.2) is 51.2 Å². The number of ether oxygens (including phenoxy) is 2. The molecular weight excluding hydrogens is 292 g/mol. The molecular formula is C18H29N2O3+. The van der Waals surface area contributed by atoms with Crippen molar-refractivity contribution < 1.29 is 19.2 Å². The van der Waals surface area contributed by atoms with Crippen molar-refractivity contribution >= 4 is 5.91 Å². The fourth-order valence-electron chi connectivity index (χ4n) is 3.01. The largest absolute Gasteiger partial charge is 0.493 e. The van der Waals surface area contributed by atoms with Gasteiger partial charge in [0.1, 0.15) is 6.54 Å². The first-order valence-electron chi connectivity index (χ1n) is 8.35. The van der Waals surface area contributed by atoms with Crippen LogP contribution in [0.2, 0.25) is 0 Å². The van der Waals surface area contributed by atoms with Crippen LogP contribution < -0.4 is 14.4 Å². The van der Waals surface area contributed by atoms with Crippen molar-refractivity contribution in [1.82, 2.24) is 4.90 Å². The summed E-state index contributed by atoms with van der Waals surface area (Å²) in [6.07, 6.45) is 0.658. The number of nitrogens with one attached hydrogen (secondary N) is 1. The van der Waals surface area contributed by atoms with Crippen LogP contribution in [0.15, 0.2) is 18.2 Å². The number of nitrogens with zero attached hydrogens (tertiary/aromatic N) is 1. The van der Waals surface area contributed by atoms with Gasteiger partial charge in [0.05, 0.1) is 40.4 Å². The molecule has 5 heteroatoms. The average molecular weight is 321 g/mol. The van der Waals surface area contributed by atoms with Gasteiger partial charge in [-0.2, -0.15) is 0 Å². The summed E-state index contributed by atoms with van der Waals surface area (Å²) in [6, 6.07) is 6.09. The summed E-state index contributed by atoms with van der Waals surface area (Å²) < 4.78 is 10.6. The van der Waals surface area contributed by atoms with E-state index in [1.54, 1.807) is 14.2 Å². The Bertz CT molecular complexity index is 523. The molecule has 2 rings (SSSR count). The molecule has 1 aromatic carbocycles. The minimum atomic E-state index is 0.296. The molecule has 1 aromatic rings. The lowest BCUT2D eigenvalue weighted by atomic mass is 10.1. The number of hydrogen-bond donors (Lipinski definition) is 1. The SMILES string of the molecule is COc1ccc(C[NH+]2CCN(C(=O)CC(C)C)CC2)cc1OC. The average Bonchev–Trinajstić information content (AvgIpc) is 2.54. The Balaban J connectivity index is 1.88. The monoisotopic (exact) mass is 321 g/mol. The van der Waals surface area contributed by atoms with Gasteiger partial charge in [-0.3, -0.25) is 4.79 Å². The Kier molecular flexibility index (Phi) is 6.28. The lowest BCUT2D eigenvalue weighted by molar-refractivity contribution is -0.917. The Morgan fingerprint density at radius 3 is 2.39 bits per heavy atom. The third-order valence-electron chi connectivity index (χ3n) is 4.31. The molecule has 0 saturated carbocycles. The molecule has 0 unspecified atom stereocenters. The molecule has 0 aromatic heterocycles. The summed E-state index contributed by atoms with van der Waals surface area (Å²) in [4.78, 5) is 15.6. The Morgan fingerprint density at radius 2 is 1.83 bits per heavy atom. The van der Waals surface area contributed by atoms with Crippen molar-refractivity contribution in [2.24, 2.45) is 5.92 Å². The summed E-state index contributed by atoms with van der Waals surface area (Å²) in [6.45, 7) is 8.85. The number of quaternary nitrogens is 1. The van der Waals surface area contributed by atoms with E-state index in [-0.39, 0.29) is 0 Å². The first-order valence-corrected chi connectivity index (χ1v) is 8.35. The van der Waals surface area contributed by atoms with Crippen molar-refractivity contribution in [2.75, 3.05) is 40.4 Å². The minimum absolute atomic E-state index is 0.296. The maximum absolute atomic E-state index is 12.1. The van der Waals surface area contributed by atoms with E-state index in [0.29, 0.717) is 18.2 Å². The van der Waals surface area contributed by atoms with E-state index in [9.17, 15) is 4.79 Å². The van der Waals surface area contributed by atoms with E-state index < -0.39 is 0 Å². The number of hydrogen-bond acceptors (Lipinski definition) is 3. The standard InChI is InChI=1S/C18H28N2O3/c1-14(2)11-18(21)20-9-7-19(8-10-20)13-15-5-6-16(22-3)17(12-15)23-4/h5-6,12,14H,7-11,13H2,1-4H3/p+1. The molecule has 1 N–H and O–H groups in total. The minimum Gasteiger partial charge on any atom is -0.493 e. The summed E-state index contributed by atoms with van der Waals surface area (Å²) in [7, 11) is 3.31. The van der Waals surface area contributed by atoms with Gasteiger partial charge in [-0.15, -0.1) is 0 Å². The summed E-state index contributed by atoms with van der Waals surface area (Å²) in [5.74, 6) is 2.26. The van der Waals surface area contributed by atoms with Gasteiger partial charge in [-0.05, 0) is 24.1 Å². The normalized spacial score (nSPS) is 15.8. The quantitative estimate of drug-likeness (QED) is 0.849. The van der Waals surface area contributed by atoms with Crippen molar-refractivity contribution in [3.05, 3.63) is 23.8 Å². The number of benzene rings is 1. The van der Waals surface area contributed by atoms with Crippen LogP contribution >= 0.6 is 0 Å². The molecule has 1 aliphatic rings. The van der Waals surface area contributed by atoms with E-state index in [1.807, 2.05) is 17.0 Å². The molecule has 5 nitrogen and oxygen atoms in total. The molecule has 0 spiro atoms. The van der Waals surface area contributed by atoms with Crippen molar-refractivity contribution in [3.8, 4) is 11.5 Å². The van der Waals surface area contributed by atoms with E-state index >= 15 is 0 Å². The third-order valence-corrected chi connectivity index (χ3v) is 4.31. The third kappa shape index (κ3) is 4.86. The summed E-state index contributed by atoms with van der Waals surface area (Å²) >= 11 is 0. The van der Waals surface area contributed by atoms with Gasteiger partial charge in [-0.25, -0.2) is 0 Å². The van der Waals surface area contributed by atoms with Crippen LogP contribution in [0.3, 0.4) is 0 Å². The van der Waals surface area contributed by atoms with Crippen LogP contribution in [0, 0.1) is 5.92 Å². The van der Waals surface area contributed by atoms with E-state index in [4.69, 9.17) is 9.47 Å². The highest BCUT2D eigenvalue weighted by atomic mass is 16.5. The Labute approximate surface area is 139 Å². The van der Waals surface area contributed by atoms with Gasteiger partial charge in [-0.1, -0.05) is 13.8 Å². The lowest BCUT2D eigenvalue weighted by Gasteiger charge is -2.32. The molecule has 1 aliphatic heterocycles. The summed E-state index contributed by atoms with van der Waals surface area (Å²) in [5.41, 5.74) is 1.24. The maximum Gasteiger partial charge on any atom is 0.223 e. The molecule has 0 atom stereocenters. The molecule has 1 amide bonds. The second kappa shape index (κ2) is 8.20. The molecule has 0 bridgehead atoms. The number of amides is 1. The summed E-state index contributed by atoms with van der Waals surface area (Å²) in [5, 5.41) is 0. The van der Waals surface area contributed by atoms with Crippen LogP contribution in [-0.2, 0) is 11.3 Å². The van der Waals surface area contributed by atoms with Gasteiger partial charge >= 0.3 is 0 Å². The highest BCUT2D eigenvalue weighted by Crippen LogP contribution is 2.27. The first-order chi connectivity index (χ1) is 11.0. The smallest absolute Gasteiger partial charge is 0.223 e. The second-order valence-corrected chi connectivity index (χ2v) is 6.59. The van der Waals surface area contributed by atoms with Gasteiger partial charge in [0, 0.05) is 12.0 Å². The molecule has 1 fully saturated rings. The highest BCUT2D eigenvalue weighted by Gasteiger charge is 2.24. The van der Waals surface area contributed by atoms with Gasteiger partial charge in [0.2, 0.25) is 5.91 Å². The highest BCUT2D eigenvalue weighted by molar-refractivity contribution is 5.76. The number of methoxy groups -OCH3 is 2. The van der Waals surface area contributed by atoms with Crippen LogP contribution in [0.1, 0.15) is 25.8 Å². The van der Waals surface area contributed by atoms with E-state index in [2.05, 4.69) is 19.9 Å². The number of carbonyl (C=O) groups excluding carboxylic acids is 1. The van der Waals surface area contributed by atoms with E-state index in [0.717, 1.165) is 44.2 Å². The fourth-order valence-corrected chi connectivity index (χ4v) is 3.01. The van der Waals surface area contributed by atoms with Gasteiger partial charge in [0.15, 0.2) is 11.5 Å². The van der Waals surface area contributed by atoms with E-state index in [1.165, 1.54) is 10.5 Å². The Morgan fingerprint density at radius 1 is 1.17 bits per heavy atom. The molecule has 128 valence electrons. The predicted octanol–water partition coefficient (Wildman–Crippen LogP) is 0.977. The van der Waals surface area contributed by atoms with Gasteiger partial charge in [0.25, 0.3) is 0 Å². The molecule has 23 heavy (non-hydrogen) atoms. The van der Waals surface area contributed by atoms with Crippen LogP contribution in [0.25, 0.3) is 0 Å². The Hall–Kier alpha value is -1.75. The molecule has 0 aliphatic carbocycles. The van der Waals surface area contributed by atoms with Crippen molar-refractivity contribution in [3.63, 3.8) is 0 Å². The number of rotatable bonds is 6. The van der Waals surface area contributed by atoms with Gasteiger partial charge < -0.3 is 19.3 Å². The molecule has 0 radical (unpaired) electrons. The molecule has 1 saturated heterocycles. The lowest BCUT2D eigenvalue weighted by Crippen LogP contribution is -3.13. The topological polar surface area (TPSA) is 43.2 Å².